The van der Waals surface area contributed by atoms with Gasteiger partial charge in [-0.15, -0.1) is 0 Å². The van der Waals surface area contributed by atoms with Gasteiger partial charge in [-0.2, -0.15) is 13.2 Å². The Morgan fingerprint density at radius 1 is 1.33 bits per heavy atom. The Labute approximate surface area is 112 Å². The maximum absolute atomic E-state index is 12.1. The van der Waals surface area contributed by atoms with Crippen molar-refractivity contribution >= 4 is 15.9 Å². The lowest BCUT2D eigenvalue weighted by atomic mass is 10.1. The topological polar surface area (TPSA) is 35.2 Å². The van der Waals surface area contributed by atoms with E-state index in [1.54, 1.807) is 6.92 Å². The number of benzene rings is 1. The van der Waals surface area contributed by atoms with Gasteiger partial charge in [0.2, 0.25) is 0 Å². The molecular formula is C12H15BrF3NO. The lowest BCUT2D eigenvalue weighted by molar-refractivity contribution is -0.139. The molecule has 0 aliphatic carbocycles. The van der Waals surface area contributed by atoms with Crippen LogP contribution in [-0.4, -0.2) is 19.3 Å². The number of aryl methyl sites for hydroxylation is 1. The van der Waals surface area contributed by atoms with Crippen LogP contribution >= 0.6 is 15.9 Å². The fourth-order valence-corrected chi connectivity index (χ4v) is 2.24. The number of ether oxygens (including phenoxy) is 1. The fourth-order valence-electron chi connectivity index (χ4n) is 1.62. The highest BCUT2D eigenvalue weighted by Gasteiger charge is 2.27. The number of hydrogen-bond donors (Lipinski definition) is 1. The first kappa shape index (κ1) is 15.3. The minimum absolute atomic E-state index is 0.371. The largest absolute Gasteiger partial charge is 0.493 e. The van der Waals surface area contributed by atoms with E-state index in [-0.39, 0.29) is 6.61 Å². The van der Waals surface area contributed by atoms with Crippen molar-refractivity contribution in [2.24, 2.45) is 5.73 Å². The van der Waals surface area contributed by atoms with Crippen LogP contribution in [0.2, 0.25) is 0 Å². The Morgan fingerprint density at radius 2 is 2.00 bits per heavy atom. The van der Waals surface area contributed by atoms with Gasteiger partial charge in [0.25, 0.3) is 0 Å². The van der Waals surface area contributed by atoms with Crippen LogP contribution in [0.5, 0.6) is 5.75 Å². The van der Waals surface area contributed by atoms with E-state index in [9.17, 15) is 13.2 Å². The van der Waals surface area contributed by atoms with E-state index in [2.05, 4.69) is 15.9 Å². The van der Waals surface area contributed by atoms with E-state index in [0.29, 0.717) is 18.7 Å². The molecular weight excluding hydrogens is 311 g/mol. The van der Waals surface area contributed by atoms with Crippen molar-refractivity contribution in [3.05, 3.63) is 27.7 Å². The second-order valence-corrected chi connectivity index (χ2v) is 4.88. The van der Waals surface area contributed by atoms with Crippen molar-refractivity contribution in [2.45, 2.75) is 25.9 Å². The van der Waals surface area contributed by atoms with Crippen LogP contribution in [0, 0.1) is 6.92 Å². The zero-order valence-electron chi connectivity index (χ0n) is 9.98. The molecule has 0 aliphatic heterocycles. The summed E-state index contributed by atoms with van der Waals surface area (Å²) in [5.74, 6) is 0.507. The maximum atomic E-state index is 12.1. The second-order valence-electron chi connectivity index (χ2n) is 3.96. The smallest absolute Gasteiger partial charge is 0.392 e. The monoisotopic (exact) mass is 325 g/mol. The Hall–Kier alpha value is -0.750. The lowest BCUT2D eigenvalue weighted by Gasteiger charge is -2.15. The minimum Gasteiger partial charge on any atom is -0.493 e. The summed E-state index contributed by atoms with van der Waals surface area (Å²) in [6.45, 7) is 1.85. The van der Waals surface area contributed by atoms with Gasteiger partial charge in [-0.1, -0.05) is 15.9 Å². The van der Waals surface area contributed by atoms with Crippen LogP contribution in [0.4, 0.5) is 13.2 Å². The van der Waals surface area contributed by atoms with Crippen molar-refractivity contribution < 1.29 is 17.9 Å². The van der Waals surface area contributed by atoms with Crippen LogP contribution in [0.25, 0.3) is 0 Å². The molecule has 0 saturated heterocycles. The van der Waals surface area contributed by atoms with Crippen LogP contribution in [0.1, 0.15) is 17.5 Å². The molecule has 0 bridgehead atoms. The molecule has 102 valence electrons. The normalized spacial score (nSPS) is 11.7. The molecule has 1 aromatic rings. The van der Waals surface area contributed by atoms with Gasteiger partial charge in [-0.3, -0.25) is 0 Å². The summed E-state index contributed by atoms with van der Waals surface area (Å²) in [6, 6.07) is 3.63. The summed E-state index contributed by atoms with van der Waals surface area (Å²) < 4.78 is 42.3. The van der Waals surface area contributed by atoms with Gasteiger partial charge >= 0.3 is 6.18 Å². The molecule has 0 heterocycles. The number of halogens is 4. The van der Waals surface area contributed by atoms with E-state index in [4.69, 9.17) is 10.5 Å². The molecule has 18 heavy (non-hydrogen) atoms. The summed E-state index contributed by atoms with van der Waals surface area (Å²) in [5, 5.41) is 0. The maximum Gasteiger partial charge on any atom is 0.392 e. The van der Waals surface area contributed by atoms with Crippen molar-refractivity contribution in [1.82, 2.24) is 0 Å². The zero-order chi connectivity index (χ0) is 13.8. The van der Waals surface area contributed by atoms with Crippen LogP contribution in [0.3, 0.4) is 0 Å². The molecule has 0 aliphatic rings. The third-order valence-electron chi connectivity index (χ3n) is 2.36. The van der Waals surface area contributed by atoms with Gasteiger partial charge in [-0.25, -0.2) is 0 Å². The summed E-state index contributed by atoms with van der Waals surface area (Å²) in [5.41, 5.74) is 7.10. The number of hydrogen-bond acceptors (Lipinski definition) is 2. The molecule has 0 atom stereocenters. The minimum atomic E-state index is -4.20. The fraction of sp³-hybridized carbons (Fsp3) is 0.500. The predicted molar refractivity (Wildman–Crippen MR) is 67.8 cm³/mol. The summed E-state index contributed by atoms with van der Waals surface area (Å²) >= 11 is 3.34. The van der Waals surface area contributed by atoms with Crippen LogP contribution in [0.15, 0.2) is 16.6 Å². The van der Waals surface area contributed by atoms with Crippen molar-refractivity contribution in [2.75, 3.05) is 13.2 Å². The Bertz CT molecular complexity index is 407. The first-order chi connectivity index (χ1) is 8.33. The van der Waals surface area contributed by atoms with E-state index >= 15 is 0 Å². The first-order valence-electron chi connectivity index (χ1n) is 5.52. The van der Waals surface area contributed by atoms with Crippen molar-refractivity contribution in [1.29, 1.82) is 0 Å². The first-order valence-corrected chi connectivity index (χ1v) is 6.31. The van der Waals surface area contributed by atoms with Crippen molar-refractivity contribution in [3.63, 3.8) is 0 Å². The second kappa shape index (κ2) is 6.43. The number of rotatable bonds is 5. The molecule has 2 nitrogen and oxygen atoms in total. The molecule has 1 aromatic carbocycles. The number of nitrogens with two attached hydrogens (primary N) is 1. The van der Waals surface area contributed by atoms with E-state index in [1.165, 1.54) is 0 Å². The molecule has 0 spiro atoms. The highest BCUT2D eigenvalue weighted by molar-refractivity contribution is 9.10. The van der Waals surface area contributed by atoms with E-state index in [1.807, 2.05) is 12.1 Å². The summed E-state index contributed by atoms with van der Waals surface area (Å²) in [7, 11) is 0. The Balaban J connectivity index is 2.80. The molecule has 0 fully saturated rings. The van der Waals surface area contributed by atoms with E-state index < -0.39 is 12.6 Å². The average Bonchev–Trinajstić information content (AvgIpc) is 2.20. The Morgan fingerprint density at radius 3 is 2.56 bits per heavy atom. The Kier molecular flexibility index (Phi) is 5.47. The SMILES string of the molecule is Cc1cc(Br)cc(CCN)c1OCCC(F)(F)F. The quantitative estimate of drug-likeness (QED) is 0.897. The third-order valence-corrected chi connectivity index (χ3v) is 2.82. The molecule has 0 amide bonds. The summed E-state index contributed by atoms with van der Waals surface area (Å²) in [4.78, 5) is 0. The third kappa shape index (κ3) is 4.86. The van der Waals surface area contributed by atoms with Gasteiger partial charge in [0.15, 0.2) is 0 Å². The van der Waals surface area contributed by atoms with Crippen molar-refractivity contribution in [3.8, 4) is 5.75 Å². The summed E-state index contributed by atoms with van der Waals surface area (Å²) in [6.07, 6.45) is -4.58. The molecule has 2 N–H and O–H groups in total. The van der Waals surface area contributed by atoms with E-state index in [0.717, 1.165) is 15.6 Å². The average molecular weight is 326 g/mol. The molecule has 0 saturated carbocycles. The lowest BCUT2D eigenvalue weighted by Crippen LogP contribution is -2.14. The molecule has 0 radical (unpaired) electrons. The van der Waals surface area contributed by atoms with Crippen LogP contribution in [-0.2, 0) is 6.42 Å². The molecule has 0 unspecified atom stereocenters. The highest BCUT2D eigenvalue weighted by atomic mass is 79.9. The van der Waals surface area contributed by atoms with Gasteiger partial charge in [0, 0.05) is 4.47 Å². The standard InChI is InChI=1S/C12H15BrF3NO/c1-8-6-10(13)7-9(2-4-17)11(8)18-5-3-12(14,15)16/h6-7H,2-5,17H2,1H3. The molecule has 1 rings (SSSR count). The van der Waals surface area contributed by atoms with Gasteiger partial charge in [0.1, 0.15) is 5.75 Å². The number of alkyl halides is 3. The van der Waals surface area contributed by atoms with Crippen LogP contribution < -0.4 is 10.5 Å². The zero-order valence-corrected chi connectivity index (χ0v) is 11.6. The molecule has 6 heteroatoms. The van der Waals surface area contributed by atoms with Gasteiger partial charge in [0.05, 0.1) is 13.0 Å². The van der Waals surface area contributed by atoms with Gasteiger partial charge < -0.3 is 10.5 Å². The highest BCUT2D eigenvalue weighted by Crippen LogP contribution is 2.29. The predicted octanol–water partition coefficient (Wildman–Crippen LogP) is 3.59. The molecule has 0 aromatic heterocycles. The van der Waals surface area contributed by atoms with Gasteiger partial charge in [-0.05, 0) is 43.1 Å².